The largest absolute Gasteiger partial charge is 0.350 e. The molecule has 6 nitrogen and oxygen atoms in total. The van der Waals surface area contributed by atoms with E-state index in [0.29, 0.717) is 37.6 Å². The molecule has 0 spiro atoms. The Morgan fingerprint density at radius 2 is 1.77 bits per heavy atom. The summed E-state index contributed by atoms with van der Waals surface area (Å²) in [5, 5.41) is 2.99. The van der Waals surface area contributed by atoms with E-state index < -0.39 is 6.04 Å². The molecule has 1 atom stereocenters. The maximum atomic E-state index is 13.1. The number of rotatable bonds is 4. The maximum Gasteiger partial charge on any atom is 0.246 e. The van der Waals surface area contributed by atoms with E-state index in [0.717, 1.165) is 5.56 Å². The van der Waals surface area contributed by atoms with Gasteiger partial charge >= 0.3 is 0 Å². The number of nitrogens with one attached hydrogen (secondary N) is 1. The van der Waals surface area contributed by atoms with Gasteiger partial charge in [-0.3, -0.25) is 14.4 Å². The molecule has 0 aromatic heterocycles. The van der Waals surface area contributed by atoms with Gasteiger partial charge in [0.25, 0.3) is 0 Å². The number of carbonyl (C=O) groups excluding carboxylic acids is 3. The lowest BCUT2D eigenvalue weighted by Crippen LogP contribution is -2.54. The molecular weight excluding hydrogens is 398 g/mol. The highest BCUT2D eigenvalue weighted by atomic mass is 32.2. The number of hydrogen-bond acceptors (Lipinski definition) is 4. The van der Waals surface area contributed by atoms with Gasteiger partial charge in [-0.1, -0.05) is 30.3 Å². The molecule has 0 saturated carbocycles. The number of carbonyl (C=O) groups is 3. The van der Waals surface area contributed by atoms with Gasteiger partial charge in [0.05, 0.1) is 5.88 Å². The van der Waals surface area contributed by atoms with Crippen LogP contribution in [0.15, 0.2) is 36.4 Å². The molecule has 1 aromatic carbocycles. The molecule has 30 heavy (non-hydrogen) atoms. The summed E-state index contributed by atoms with van der Waals surface area (Å²) in [6, 6.07) is 9.32. The highest BCUT2D eigenvalue weighted by molar-refractivity contribution is 7.99. The summed E-state index contributed by atoms with van der Waals surface area (Å²) >= 11 is 1.62. The Kier molecular flexibility index (Phi) is 7.23. The first-order valence-corrected chi connectivity index (χ1v) is 11.6. The summed E-state index contributed by atoms with van der Waals surface area (Å²) in [5.74, 6) is 0.996. The topological polar surface area (TPSA) is 69.7 Å². The van der Waals surface area contributed by atoms with Crippen molar-refractivity contribution in [2.75, 3.05) is 24.7 Å². The predicted octanol–water partition coefficient (Wildman–Crippen LogP) is 2.75. The van der Waals surface area contributed by atoms with Crippen molar-refractivity contribution in [1.82, 2.24) is 15.1 Å². The molecule has 2 aliphatic heterocycles. The quantitative estimate of drug-likeness (QED) is 0.748. The summed E-state index contributed by atoms with van der Waals surface area (Å²) in [6.45, 7) is 6.96. The smallest absolute Gasteiger partial charge is 0.246 e. The first-order valence-electron chi connectivity index (χ1n) is 10.5. The lowest BCUT2D eigenvalue weighted by atomic mass is 9.94. The Labute approximate surface area is 183 Å². The fourth-order valence-corrected chi connectivity index (χ4v) is 4.91. The van der Waals surface area contributed by atoms with Crippen LogP contribution in [-0.4, -0.2) is 63.8 Å². The van der Waals surface area contributed by atoms with E-state index in [1.807, 2.05) is 57.2 Å². The van der Waals surface area contributed by atoms with Gasteiger partial charge in [0.2, 0.25) is 17.7 Å². The van der Waals surface area contributed by atoms with E-state index >= 15 is 0 Å². The maximum absolute atomic E-state index is 13.1. The Balaban J connectivity index is 1.52. The average molecular weight is 430 g/mol. The standard InChI is InChI=1S/C23H31N3O3S/c1-23(2,3)24-21(28)19-15-30-16-26(19)22(29)18-11-13-25(14-12-18)20(27)10-9-17-7-5-4-6-8-17/h4-10,18-19H,11-16H2,1-3H3,(H,24,28)/b10-9-/t19-/m1/s1. The molecule has 3 amide bonds. The summed E-state index contributed by atoms with van der Waals surface area (Å²) in [6.07, 6.45) is 4.69. The van der Waals surface area contributed by atoms with Crippen molar-refractivity contribution in [1.29, 1.82) is 0 Å². The first-order chi connectivity index (χ1) is 14.2. The number of amides is 3. The van der Waals surface area contributed by atoms with Gasteiger partial charge in [-0.15, -0.1) is 11.8 Å². The van der Waals surface area contributed by atoms with Crippen LogP contribution in [0.2, 0.25) is 0 Å². The second kappa shape index (κ2) is 9.69. The zero-order valence-corrected chi connectivity index (χ0v) is 18.8. The first kappa shape index (κ1) is 22.4. The van der Waals surface area contributed by atoms with E-state index in [9.17, 15) is 14.4 Å². The highest BCUT2D eigenvalue weighted by Gasteiger charge is 2.39. The highest BCUT2D eigenvalue weighted by Crippen LogP contribution is 2.27. The van der Waals surface area contributed by atoms with Crippen LogP contribution in [0.3, 0.4) is 0 Å². The zero-order chi connectivity index (χ0) is 21.7. The van der Waals surface area contributed by atoms with Crippen LogP contribution in [0.25, 0.3) is 6.08 Å². The Morgan fingerprint density at radius 3 is 2.40 bits per heavy atom. The zero-order valence-electron chi connectivity index (χ0n) is 18.0. The number of piperidine rings is 1. The van der Waals surface area contributed by atoms with Crippen LogP contribution in [-0.2, 0) is 14.4 Å². The number of likely N-dealkylation sites (tertiary alicyclic amines) is 1. The van der Waals surface area contributed by atoms with Crippen LogP contribution in [0.4, 0.5) is 0 Å². The summed E-state index contributed by atoms with van der Waals surface area (Å²) in [7, 11) is 0. The van der Waals surface area contributed by atoms with Crippen molar-refractivity contribution in [2.24, 2.45) is 5.92 Å². The molecule has 0 unspecified atom stereocenters. The molecule has 1 N–H and O–H groups in total. The van der Waals surface area contributed by atoms with Crippen molar-refractivity contribution in [3.05, 3.63) is 42.0 Å². The van der Waals surface area contributed by atoms with Crippen LogP contribution in [0.5, 0.6) is 0 Å². The summed E-state index contributed by atoms with van der Waals surface area (Å²) in [4.78, 5) is 41.7. The minimum atomic E-state index is -0.407. The van der Waals surface area contributed by atoms with Gasteiger partial charge in [-0.25, -0.2) is 0 Å². The Bertz CT molecular complexity index is 796. The van der Waals surface area contributed by atoms with Crippen LogP contribution in [0.1, 0.15) is 39.2 Å². The van der Waals surface area contributed by atoms with Crippen LogP contribution in [0, 0.1) is 5.92 Å². The molecule has 0 aliphatic carbocycles. The number of nitrogens with zero attached hydrogens (tertiary/aromatic N) is 2. The third kappa shape index (κ3) is 5.88. The number of hydrogen-bond donors (Lipinski definition) is 1. The van der Waals surface area contributed by atoms with Crippen molar-refractivity contribution in [2.45, 2.75) is 45.2 Å². The van der Waals surface area contributed by atoms with Gasteiger partial charge in [-0.05, 0) is 45.3 Å². The molecular formula is C23H31N3O3S. The Morgan fingerprint density at radius 1 is 1.10 bits per heavy atom. The molecule has 0 radical (unpaired) electrons. The van der Waals surface area contributed by atoms with Crippen molar-refractivity contribution < 1.29 is 14.4 Å². The van der Waals surface area contributed by atoms with E-state index in [2.05, 4.69) is 5.32 Å². The summed E-state index contributed by atoms with van der Waals surface area (Å²) < 4.78 is 0. The van der Waals surface area contributed by atoms with Crippen LogP contribution < -0.4 is 5.32 Å². The predicted molar refractivity (Wildman–Crippen MR) is 121 cm³/mol. The minimum Gasteiger partial charge on any atom is -0.350 e. The number of thioether (sulfide) groups is 1. The molecule has 3 rings (SSSR count). The van der Waals surface area contributed by atoms with E-state index in [4.69, 9.17) is 0 Å². The van der Waals surface area contributed by atoms with E-state index in [1.165, 1.54) is 0 Å². The second-order valence-corrected chi connectivity index (χ2v) is 9.91. The lowest BCUT2D eigenvalue weighted by molar-refractivity contribution is -0.143. The fraction of sp³-hybridized carbons (Fsp3) is 0.522. The fourth-order valence-electron chi connectivity index (χ4n) is 3.75. The molecule has 2 heterocycles. The Hall–Kier alpha value is -2.28. The van der Waals surface area contributed by atoms with Gasteiger partial charge < -0.3 is 15.1 Å². The van der Waals surface area contributed by atoms with Gasteiger partial charge in [-0.2, -0.15) is 0 Å². The summed E-state index contributed by atoms with van der Waals surface area (Å²) in [5.41, 5.74) is 0.667. The van der Waals surface area contributed by atoms with Crippen molar-refractivity contribution in [3.8, 4) is 0 Å². The lowest BCUT2D eigenvalue weighted by Gasteiger charge is -2.34. The third-order valence-corrected chi connectivity index (χ3v) is 6.35. The normalized spacial score (nSPS) is 20.6. The molecule has 2 fully saturated rings. The van der Waals surface area contributed by atoms with Crippen LogP contribution >= 0.6 is 11.8 Å². The SMILES string of the molecule is CC(C)(C)NC(=O)[C@H]1CSCN1C(=O)C1CCN(C(=O)/C=C\c2ccccc2)CC1. The molecule has 2 saturated heterocycles. The van der Waals surface area contributed by atoms with Gasteiger partial charge in [0.1, 0.15) is 6.04 Å². The van der Waals surface area contributed by atoms with E-state index in [-0.39, 0.29) is 29.2 Å². The molecule has 7 heteroatoms. The minimum absolute atomic E-state index is 0.0242. The van der Waals surface area contributed by atoms with Crippen molar-refractivity contribution in [3.63, 3.8) is 0 Å². The van der Waals surface area contributed by atoms with Gasteiger partial charge in [0.15, 0.2) is 0 Å². The molecule has 162 valence electrons. The third-order valence-electron chi connectivity index (χ3n) is 5.34. The average Bonchev–Trinajstić information content (AvgIpc) is 3.21. The van der Waals surface area contributed by atoms with E-state index in [1.54, 1.807) is 27.6 Å². The monoisotopic (exact) mass is 429 g/mol. The molecule has 2 aliphatic rings. The van der Waals surface area contributed by atoms with Gasteiger partial charge in [0, 0.05) is 36.4 Å². The molecule has 1 aromatic rings. The second-order valence-electron chi connectivity index (χ2n) is 8.91. The molecule has 0 bridgehead atoms. The number of benzene rings is 1. The van der Waals surface area contributed by atoms with Crippen molar-refractivity contribution >= 4 is 35.6 Å².